The van der Waals surface area contributed by atoms with Gasteiger partial charge < -0.3 is 25.1 Å². The van der Waals surface area contributed by atoms with E-state index in [4.69, 9.17) is 4.42 Å². The average Bonchev–Trinajstić information content (AvgIpc) is 3.52. The molecule has 10 heteroatoms. The van der Waals surface area contributed by atoms with Gasteiger partial charge in [-0.1, -0.05) is 13.3 Å². The number of aromatic nitrogens is 1. The largest absolute Gasteiger partial charge is 0.445 e. The second-order valence-corrected chi connectivity index (χ2v) is 11.7. The monoisotopic (exact) mass is 594 g/mol. The number of rotatable bonds is 12. The summed E-state index contributed by atoms with van der Waals surface area (Å²) >= 11 is 0. The molecule has 2 aliphatic rings. The van der Waals surface area contributed by atoms with Crippen LogP contribution in [0.2, 0.25) is 0 Å². The maximum atomic E-state index is 14.0. The molecule has 3 unspecified atom stereocenters. The summed E-state index contributed by atoms with van der Waals surface area (Å²) in [6.45, 7) is 3.89. The SMILES string of the molecule is CCCCN1CCCc2c(-c3ncco3)cc(C(=O)NC(Cc3cc(F)cc(F)c3)C(O)CCC3CCCC(=O)N3)cc21. The fourth-order valence-corrected chi connectivity index (χ4v) is 6.22. The number of halogens is 2. The molecule has 0 radical (unpaired) electrons. The zero-order chi connectivity index (χ0) is 30.3. The predicted molar refractivity (Wildman–Crippen MR) is 160 cm³/mol. The number of carbonyl (C=O) groups is 2. The molecule has 1 fully saturated rings. The molecule has 3 heterocycles. The Labute approximate surface area is 250 Å². The predicted octanol–water partition coefficient (Wildman–Crippen LogP) is 5.32. The molecule has 3 atom stereocenters. The highest BCUT2D eigenvalue weighted by Gasteiger charge is 2.28. The first-order chi connectivity index (χ1) is 20.8. The van der Waals surface area contributed by atoms with Crippen molar-refractivity contribution in [1.29, 1.82) is 0 Å². The van der Waals surface area contributed by atoms with E-state index in [0.29, 0.717) is 36.3 Å². The smallest absolute Gasteiger partial charge is 0.251 e. The number of hydrogen-bond donors (Lipinski definition) is 3. The molecular formula is C33H40F2N4O4. The van der Waals surface area contributed by atoms with Crippen molar-refractivity contribution in [3.05, 3.63) is 71.1 Å². The number of carbonyl (C=O) groups excluding carboxylic acids is 2. The van der Waals surface area contributed by atoms with E-state index in [2.05, 4.69) is 27.4 Å². The number of hydrogen-bond acceptors (Lipinski definition) is 6. The Kier molecular flexibility index (Phi) is 10.1. The number of unbranched alkanes of at least 4 members (excludes halogenated alkanes) is 1. The van der Waals surface area contributed by atoms with E-state index < -0.39 is 29.7 Å². The van der Waals surface area contributed by atoms with Crippen molar-refractivity contribution in [3.8, 4) is 11.5 Å². The molecule has 2 aromatic carbocycles. The Bertz CT molecular complexity index is 1390. The fraction of sp³-hybridized carbons (Fsp3) is 0.485. The van der Waals surface area contributed by atoms with Crippen LogP contribution in [-0.4, -0.2) is 53.2 Å². The van der Waals surface area contributed by atoms with E-state index in [1.54, 1.807) is 12.3 Å². The van der Waals surface area contributed by atoms with Crippen LogP contribution in [0.3, 0.4) is 0 Å². The van der Waals surface area contributed by atoms with Crippen LogP contribution in [0.25, 0.3) is 11.5 Å². The van der Waals surface area contributed by atoms with E-state index in [1.807, 2.05) is 6.07 Å². The Morgan fingerprint density at radius 2 is 2.00 bits per heavy atom. The molecule has 43 heavy (non-hydrogen) atoms. The maximum absolute atomic E-state index is 14.0. The number of nitrogens with one attached hydrogen (secondary N) is 2. The first-order valence-corrected chi connectivity index (χ1v) is 15.4. The second-order valence-electron chi connectivity index (χ2n) is 11.7. The van der Waals surface area contributed by atoms with Crippen molar-refractivity contribution in [2.45, 2.75) is 89.3 Å². The average molecular weight is 595 g/mol. The number of benzene rings is 2. The number of aliphatic hydroxyl groups is 1. The minimum absolute atomic E-state index is 0.00642. The van der Waals surface area contributed by atoms with Gasteiger partial charge in [-0.3, -0.25) is 9.59 Å². The molecule has 1 aromatic heterocycles. The van der Waals surface area contributed by atoms with Crippen molar-refractivity contribution in [2.75, 3.05) is 18.0 Å². The van der Waals surface area contributed by atoms with Crippen LogP contribution in [0.15, 0.2) is 47.2 Å². The highest BCUT2D eigenvalue weighted by Crippen LogP contribution is 2.36. The summed E-state index contributed by atoms with van der Waals surface area (Å²) < 4.78 is 33.8. The van der Waals surface area contributed by atoms with E-state index >= 15 is 0 Å². The standard InChI is InChI=1S/C33H40F2N4O4/c1-2-3-12-39-13-5-7-26-27(33-36-11-14-43-33)18-22(19-29(26)39)32(42)38-28(17-21-15-23(34)20-24(35)16-21)30(40)10-9-25-6-4-8-31(41)37-25/h11,14-16,18-20,25,28,30,40H,2-10,12-13,17H2,1H3,(H,37,41)(H,38,42). The van der Waals surface area contributed by atoms with E-state index in [9.17, 15) is 23.5 Å². The summed E-state index contributed by atoms with van der Waals surface area (Å²) in [4.78, 5) is 32.4. The third kappa shape index (κ3) is 7.79. The van der Waals surface area contributed by atoms with Gasteiger partial charge in [-0.05, 0) is 86.8 Å². The highest BCUT2D eigenvalue weighted by molar-refractivity contribution is 5.97. The molecule has 8 nitrogen and oxygen atoms in total. The molecule has 0 bridgehead atoms. The Balaban J connectivity index is 1.42. The lowest BCUT2D eigenvalue weighted by Gasteiger charge is -2.33. The summed E-state index contributed by atoms with van der Waals surface area (Å²) in [5.74, 6) is -1.44. The van der Waals surface area contributed by atoms with Crippen LogP contribution < -0.4 is 15.5 Å². The fourth-order valence-electron chi connectivity index (χ4n) is 6.22. The molecule has 3 N–H and O–H groups in total. The molecule has 2 amide bonds. The summed E-state index contributed by atoms with van der Waals surface area (Å²) in [5, 5.41) is 17.2. The van der Waals surface area contributed by atoms with Gasteiger partial charge in [0.05, 0.1) is 18.3 Å². The molecule has 0 saturated carbocycles. The number of anilines is 1. The van der Waals surface area contributed by atoms with Gasteiger partial charge in [0.25, 0.3) is 5.91 Å². The number of aliphatic hydroxyl groups excluding tert-OH is 1. The van der Waals surface area contributed by atoms with Crippen LogP contribution in [0, 0.1) is 11.6 Å². The van der Waals surface area contributed by atoms with E-state index in [0.717, 1.165) is 74.5 Å². The van der Waals surface area contributed by atoms with Gasteiger partial charge in [0.2, 0.25) is 11.8 Å². The number of amides is 2. The third-order valence-electron chi connectivity index (χ3n) is 8.42. The minimum atomic E-state index is -1.01. The molecular weight excluding hydrogens is 554 g/mol. The van der Waals surface area contributed by atoms with Crippen molar-refractivity contribution in [1.82, 2.24) is 15.6 Å². The Morgan fingerprint density at radius 3 is 2.72 bits per heavy atom. The lowest BCUT2D eigenvalue weighted by atomic mass is 9.92. The number of oxazole rings is 1. The maximum Gasteiger partial charge on any atom is 0.251 e. The minimum Gasteiger partial charge on any atom is -0.445 e. The lowest BCUT2D eigenvalue weighted by Crippen LogP contribution is -2.46. The van der Waals surface area contributed by atoms with Crippen LogP contribution in [-0.2, 0) is 17.6 Å². The zero-order valence-electron chi connectivity index (χ0n) is 24.6. The summed E-state index contributed by atoms with van der Waals surface area (Å²) in [7, 11) is 0. The molecule has 0 aliphatic carbocycles. The van der Waals surface area contributed by atoms with Crippen LogP contribution in [0.5, 0.6) is 0 Å². The van der Waals surface area contributed by atoms with Crippen molar-refractivity contribution in [3.63, 3.8) is 0 Å². The van der Waals surface area contributed by atoms with Gasteiger partial charge in [-0.15, -0.1) is 0 Å². The Hall–Kier alpha value is -3.79. The van der Waals surface area contributed by atoms with Crippen LogP contribution in [0.4, 0.5) is 14.5 Å². The second kappa shape index (κ2) is 14.1. The van der Waals surface area contributed by atoms with Crippen molar-refractivity contribution in [2.24, 2.45) is 0 Å². The highest BCUT2D eigenvalue weighted by atomic mass is 19.1. The third-order valence-corrected chi connectivity index (χ3v) is 8.42. The van der Waals surface area contributed by atoms with Gasteiger partial charge in [-0.2, -0.15) is 0 Å². The quantitative estimate of drug-likeness (QED) is 0.262. The van der Waals surface area contributed by atoms with Gasteiger partial charge in [-0.25, -0.2) is 13.8 Å². The van der Waals surface area contributed by atoms with Gasteiger partial charge >= 0.3 is 0 Å². The van der Waals surface area contributed by atoms with Crippen molar-refractivity contribution < 1.29 is 27.9 Å². The molecule has 3 aromatic rings. The zero-order valence-corrected chi connectivity index (χ0v) is 24.6. The van der Waals surface area contributed by atoms with Crippen LogP contribution in [0.1, 0.15) is 79.8 Å². The molecule has 2 aliphatic heterocycles. The molecule has 230 valence electrons. The summed E-state index contributed by atoms with van der Waals surface area (Å²) in [5.41, 5.74) is 3.52. The number of nitrogens with zero attached hydrogens (tertiary/aromatic N) is 2. The van der Waals surface area contributed by atoms with Crippen LogP contribution >= 0.6 is 0 Å². The number of piperidine rings is 1. The first kappa shape index (κ1) is 30.7. The molecule has 1 saturated heterocycles. The Morgan fingerprint density at radius 1 is 1.19 bits per heavy atom. The molecule has 5 rings (SSSR count). The number of fused-ring (bicyclic) bond motifs is 1. The lowest BCUT2D eigenvalue weighted by molar-refractivity contribution is -0.123. The topological polar surface area (TPSA) is 108 Å². The van der Waals surface area contributed by atoms with Gasteiger partial charge in [0, 0.05) is 48.4 Å². The first-order valence-electron chi connectivity index (χ1n) is 15.4. The van der Waals surface area contributed by atoms with E-state index in [-0.39, 0.29) is 18.4 Å². The van der Waals surface area contributed by atoms with E-state index in [1.165, 1.54) is 18.4 Å². The molecule has 0 spiro atoms. The van der Waals surface area contributed by atoms with Gasteiger partial charge in [0.15, 0.2) is 0 Å². The summed E-state index contributed by atoms with van der Waals surface area (Å²) in [6, 6.07) is 5.98. The van der Waals surface area contributed by atoms with Crippen molar-refractivity contribution >= 4 is 17.5 Å². The van der Waals surface area contributed by atoms with Gasteiger partial charge in [0.1, 0.15) is 17.9 Å². The normalized spacial score (nSPS) is 18.1. The summed E-state index contributed by atoms with van der Waals surface area (Å²) in [6.07, 6.45) is 8.89.